The molecule has 6 aliphatic carbocycles. The van der Waals surface area contributed by atoms with E-state index >= 15 is 0 Å². The lowest BCUT2D eigenvalue weighted by Crippen LogP contribution is -2.55. The predicted molar refractivity (Wildman–Crippen MR) is 142 cm³/mol. The zero-order valence-corrected chi connectivity index (χ0v) is 22.7. The molecular formula is C32H44N2O. The van der Waals surface area contributed by atoms with E-state index in [0.29, 0.717) is 40.4 Å². The maximum Gasteiger partial charge on any atom is 0.242 e. The monoisotopic (exact) mass is 472 g/mol. The fourth-order valence-corrected chi connectivity index (χ4v) is 8.88. The Labute approximate surface area is 212 Å². The van der Waals surface area contributed by atoms with Crippen LogP contribution in [0.3, 0.4) is 0 Å². The quantitative estimate of drug-likeness (QED) is 0.301. The van der Waals surface area contributed by atoms with Crippen molar-refractivity contribution in [1.29, 1.82) is 0 Å². The van der Waals surface area contributed by atoms with E-state index in [0.717, 1.165) is 29.4 Å². The van der Waals surface area contributed by atoms with E-state index in [9.17, 15) is 5.21 Å². The molecule has 0 aromatic carbocycles. The number of nitrogens with zero attached hydrogens (tertiary/aromatic N) is 2. The largest absolute Gasteiger partial charge is 0.618 e. The van der Waals surface area contributed by atoms with E-state index < -0.39 is 0 Å². The predicted octanol–water partition coefficient (Wildman–Crippen LogP) is 8.22. The number of aromatic nitrogens is 2. The van der Waals surface area contributed by atoms with Crippen LogP contribution in [0.4, 0.5) is 0 Å². The van der Waals surface area contributed by atoms with Gasteiger partial charge < -0.3 is 5.21 Å². The van der Waals surface area contributed by atoms with Crippen LogP contribution < -0.4 is 4.73 Å². The van der Waals surface area contributed by atoms with Gasteiger partial charge in [0.15, 0.2) is 5.69 Å². The zero-order valence-electron chi connectivity index (χ0n) is 22.7. The minimum atomic E-state index is 0.310. The summed E-state index contributed by atoms with van der Waals surface area (Å²) in [4.78, 5) is 5.30. The molecule has 6 aliphatic rings. The second-order valence-corrected chi connectivity index (χ2v) is 13.5. The molecule has 2 saturated carbocycles. The van der Waals surface area contributed by atoms with Gasteiger partial charge in [-0.05, 0) is 77.9 Å². The molecule has 2 heterocycles. The molecule has 0 saturated heterocycles. The highest BCUT2D eigenvalue weighted by Gasteiger charge is 2.60. The summed E-state index contributed by atoms with van der Waals surface area (Å²) in [5, 5.41) is 14.0. The highest BCUT2D eigenvalue weighted by atomic mass is 16.5. The fraction of sp³-hybridized carbons (Fsp3) is 0.688. The Balaban J connectivity index is 1.43. The van der Waals surface area contributed by atoms with Crippen LogP contribution in [0.5, 0.6) is 0 Å². The first-order chi connectivity index (χ1) is 16.7. The standard InChI is InChI=1S/C32H44N2O/c1-7-9-11-19-23-17-24(31(23,3)4)20-13-15-27(33-29(19)20)28-16-14-22-26-18-25(32(26,5)6)21(12-10-8-2)30(22)34(28)35/h13-16,19,21,23-26H,7-12,17-18H2,1-6H3/t19-,21-,23+,24-,25+,26-/m1/s1. The molecule has 2 fully saturated rings. The molecule has 188 valence electrons. The molecule has 0 spiro atoms. The van der Waals surface area contributed by atoms with E-state index in [2.05, 4.69) is 65.8 Å². The van der Waals surface area contributed by atoms with Crippen LogP contribution in [0.15, 0.2) is 24.3 Å². The lowest BCUT2D eigenvalue weighted by atomic mass is 9.44. The Morgan fingerprint density at radius 1 is 0.829 bits per heavy atom. The number of rotatable bonds is 7. The number of unbranched alkanes of at least 4 members (excludes halogenated alkanes) is 2. The maximum atomic E-state index is 14.0. The highest BCUT2D eigenvalue weighted by molar-refractivity contribution is 5.56. The third kappa shape index (κ3) is 3.15. The van der Waals surface area contributed by atoms with E-state index in [4.69, 9.17) is 4.98 Å². The van der Waals surface area contributed by atoms with Crippen LogP contribution in [0.25, 0.3) is 11.4 Å². The summed E-state index contributed by atoms with van der Waals surface area (Å²) in [5.41, 5.74) is 7.49. The Bertz CT molecular complexity index is 1150. The Kier molecular flexibility index (Phi) is 5.40. The van der Waals surface area contributed by atoms with Crippen LogP contribution in [0.1, 0.15) is 139 Å². The Morgan fingerprint density at radius 3 is 2.03 bits per heavy atom. The van der Waals surface area contributed by atoms with Gasteiger partial charge in [0.2, 0.25) is 5.69 Å². The third-order valence-electron chi connectivity index (χ3n) is 11.2. The van der Waals surface area contributed by atoms with Crippen LogP contribution in [-0.4, -0.2) is 4.98 Å². The number of hydrogen-bond donors (Lipinski definition) is 0. The van der Waals surface area contributed by atoms with Crippen LogP contribution in [0.2, 0.25) is 0 Å². The van der Waals surface area contributed by atoms with Crippen LogP contribution in [0, 0.1) is 27.9 Å². The molecule has 0 amide bonds. The second kappa shape index (κ2) is 8.05. The minimum Gasteiger partial charge on any atom is -0.618 e. The summed E-state index contributed by atoms with van der Waals surface area (Å²) >= 11 is 0. The zero-order chi connectivity index (χ0) is 24.7. The highest BCUT2D eigenvalue weighted by Crippen LogP contribution is 2.68. The maximum absolute atomic E-state index is 14.0. The topological polar surface area (TPSA) is 39.8 Å². The van der Waals surface area contributed by atoms with Gasteiger partial charge in [0.05, 0.1) is 0 Å². The molecule has 0 radical (unpaired) electrons. The van der Waals surface area contributed by atoms with E-state index in [1.807, 2.05) is 0 Å². The first-order valence-corrected chi connectivity index (χ1v) is 14.5. The summed E-state index contributed by atoms with van der Waals surface area (Å²) in [5.74, 6) is 3.42. The minimum absolute atomic E-state index is 0.310. The van der Waals surface area contributed by atoms with Crippen molar-refractivity contribution in [2.24, 2.45) is 22.7 Å². The van der Waals surface area contributed by atoms with Gasteiger partial charge in [-0.25, -0.2) is 4.98 Å². The third-order valence-corrected chi connectivity index (χ3v) is 11.2. The van der Waals surface area contributed by atoms with Gasteiger partial charge in [0.25, 0.3) is 0 Å². The Hall–Kier alpha value is -1.90. The van der Waals surface area contributed by atoms with E-state index in [1.165, 1.54) is 66.5 Å². The Morgan fingerprint density at radius 2 is 1.40 bits per heavy atom. The lowest BCUT2D eigenvalue weighted by Gasteiger charge is -2.60. The fourth-order valence-electron chi connectivity index (χ4n) is 8.88. The van der Waals surface area contributed by atoms with Crippen molar-refractivity contribution in [3.63, 3.8) is 0 Å². The number of hydrogen-bond acceptors (Lipinski definition) is 2. The van der Waals surface area contributed by atoms with Gasteiger partial charge in [-0.1, -0.05) is 73.3 Å². The van der Waals surface area contributed by atoms with Gasteiger partial charge in [0, 0.05) is 29.2 Å². The van der Waals surface area contributed by atoms with Gasteiger partial charge in [-0.2, -0.15) is 4.73 Å². The average molecular weight is 473 g/mol. The van der Waals surface area contributed by atoms with Crippen molar-refractivity contribution in [2.75, 3.05) is 0 Å². The summed E-state index contributed by atoms with van der Waals surface area (Å²) < 4.78 is 1.31. The molecule has 35 heavy (non-hydrogen) atoms. The first-order valence-electron chi connectivity index (χ1n) is 14.5. The molecule has 0 unspecified atom stereocenters. The molecule has 2 aromatic rings. The summed E-state index contributed by atoms with van der Waals surface area (Å²) in [6.45, 7) is 14.3. The molecule has 0 N–H and O–H groups in total. The SMILES string of the molecule is CCCC[C@H]1c2nc(-c3ccc4c([n+]3[O-])[C@H](CCCC)[C@@H]3C[C@H]4C3(C)C)ccc2[C@H]2C[C@@H]1C2(C)C. The molecule has 3 heteroatoms. The van der Waals surface area contributed by atoms with Crippen molar-refractivity contribution in [1.82, 2.24) is 4.98 Å². The van der Waals surface area contributed by atoms with Crippen molar-refractivity contribution < 1.29 is 4.73 Å². The van der Waals surface area contributed by atoms with Gasteiger partial charge in [-0.15, -0.1) is 0 Å². The molecule has 6 atom stereocenters. The van der Waals surface area contributed by atoms with Crippen LogP contribution >= 0.6 is 0 Å². The second-order valence-electron chi connectivity index (χ2n) is 13.5. The van der Waals surface area contributed by atoms with Crippen LogP contribution in [-0.2, 0) is 0 Å². The van der Waals surface area contributed by atoms with Gasteiger partial charge in [0.1, 0.15) is 5.69 Å². The van der Waals surface area contributed by atoms with E-state index in [-0.39, 0.29) is 0 Å². The lowest BCUT2D eigenvalue weighted by molar-refractivity contribution is -0.607. The number of pyridine rings is 2. The summed E-state index contributed by atoms with van der Waals surface area (Å²) in [6.07, 6.45) is 9.78. The summed E-state index contributed by atoms with van der Waals surface area (Å²) in [6, 6.07) is 8.85. The molecule has 3 nitrogen and oxygen atoms in total. The van der Waals surface area contributed by atoms with Gasteiger partial charge in [-0.3, -0.25) is 0 Å². The molecular weight excluding hydrogens is 428 g/mol. The molecule has 8 rings (SSSR count). The van der Waals surface area contributed by atoms with Crippen molar-refractivity contribution in [3.8, 4) is 11.4 Å². The van der Waals surface area contributed by atoms with Crippen molar-refractivity contribution in [2.45, 2.75) is 117 Å². The van der Waals surface area contributed by atoms with Crippen molar-refractivity contribution >= 4 is 0 Å². The average Bonchev–Trinajstić information content (AvgIpc) is 2.84. The molecule has 0 aliphatic heterocycles. The smallest absolute Gasteiger partial charge is 0.242 e. The molecule has 2 aromatic heterocycles. The first kappa shape index (κ1) is 23.5. The van der Waals surface area contributed by atoms with Crippen molar-refractivity contribution in [3.05, 3.63) is 52.0 Å². The molecule has 4 bridgehead atoms. The normalized spacial score (nSPS) is 32.7. The van der Waals surface area contributed by atoms with Gasteiger partial charge >= 0.3 is 0 Å². The summed E-state index contributed by atoms with van der Waals surface area (Å²) in [7, 11) is 0. The van der Waals surface area contributed by atoms with E-state index in [1.54, 1.807) is 0 Å².